The Labute approximate surface area is 71.4 Å². The molecule has 0 aliphatic rings. The molecule has 62 valence electrons. The molecule has 0 saturated carbocycles. The van der Waals surface area contributed by atoms with Crippen LogP contribution in [0.3, 0.4) is 0 Å². The van der Waals surface area contributed by atoms with Crippen molar-refractivity contribution in [2.45, 2.75) is 6.92 Å². The van der Waals surface area contributed by atoms with Crippen molar-refractivity contribution in [2.75, 3.05) is 6.54 Å². The standard InChI is InChI=1S/C10H10FN/c1-8-5-9(3-2-4-12)7-10(11)6-8/h5-7H,4,12H2,1H3. The lowest BCUT2D eigenvalue weighted by atomic mass is 10.1. The number of rotatable bonds is 0. The van der Waals surface area contributed by atoms with Gasteiger partial charge in [0.15, 0.2) is 0 Å². The van der Waals surface area contributed by atoms with Gasteiger partial charge in [-0.05, 0) is 30.7 Å². The van der Waals surface area contributed by atoms with Crippen molar-refractivity contribution < 1.29 is 4.39 Å². The molecule has 0 atom stereocenters. The first-order valence-electron chi connectivity index (χ1n) is 3.68. The molecule has 0 unspecified atom stereocenters. The minimum absolute atomic E-state index is 0.253. The minimum atomic E-state index is -0.253. The third kappa shape index (κ3) is 2.37. The number of halogens is 1. The largest absolute Gasteiger partial charge is 0.320 e. The van der Waals surface area contributed by atoms with Gasteiger partial charge in [0.25, 0.3) is 0 Å². The van der Waals surface area contributed by atoms with E-state index in [1.54, 1.807) is 0 Å². The number of hydrogen-bond acceptors (Lipinski definition) is 1. The average molecular weight is 163 g/mol. The molecule has 0 aliphatic carbocycles. The summed E-state index contributed by atoms with van der Waals surface area (Å²) in [5, 5.41) is 0. The van der Waals surface area contributed by atoms with Crippen molar-refractivity contribution in [1.82, 2.24) is 0 Å². The third-order valence-corrected chi connectivity index (χ3v) is 1.38. The summed E-state index contributed by atoms with van der Waals surface area (Å²) < 4.78 is 12.8. The Kier molecular flexibility index (Phi) is 2.84. The molecule has 2 N–H and O–H groups in total. The molecular formula is C10H10FN. The fourth-order valence-electron chi connectivity index (χ4n) is 0.962. The summed E-state index contributed by atoms with van der Waals surface area (Å²) in [6, 6.07) is 4.69. The van der Waals surface area contributed by atoms with E-state index in [1.807, 2.05) is 13.0 Å². The quantitative estimate of drug-likeness (QED) is 0.575. The molecule has 0 saturated heterocycles. The first-order valence-corrected chi connectivity index (χ1v) is 3.68. The molecule has 0 aliphatic heterocycles. The smallest absolute Gasteiger partial charge is 0.124 e. The molecular weight excluding hydrogens is 153 g/mol. The molecule has 1 aromatic carbocycles. The Morgan fingerprint density at radius 2 is 2.17 bits per heavy atom. The maximum atomic E-state index is 12.8. The molecule has 1 aromatic rings. The molecule has 0 bridgehead atoms. The van der Waals surface area contributed by atoms with E-state index in [2.05, 4.69) is 11.8 Å². The van der Waals surface area contributed by atoms with Crippen molar-refractivity contribution >= 4 is 0 Å². The second-order valence-corrected chi connectivity index (χ2v) is 2.52. The molecule has 2 heteroatoms. The summed E-state index contributed by atoms with van der Waals surface area (Å²) in [4.78, 5) is 0. The number of hydrogen-bond donors (Lipinski definition) is 1. The van der Waals surface area contributed by atoms with Gasteiger partial charge in [-0.2, -0.15) is 0 Å². The topological polar surface area (TPSA) is 26.0 Å². The zero-order valence-corrected chi connectivity index (χ0v) is 6.89. The average Bonchev–Trinajstić information content (AvgIpc) is 1.99. The lowest BCUT2D eigenvalue weighted by molar-refractivity contribution is 0.626. The summed E-state index contributed by atoms with van der Waals surface area (Å²) >= 11 is 0. The lowest BCUT2D eigenvalue weighted by Gasteiger charge is -1.94. The van der Waals surface area contributed by atoms with Crippen molar-refractivity contribution in [3.8, 4) is 11.8 Å². The van der Waals surface area contributed by atoms with E-state index in [4.69, 9.17) is 5.73 Å². The summed E-state index contributed by atoms with van der Waals surface area (Å²) in [6.07, 6.45) is 0. The highest BCUT2D eigenvalue weighted by Crippen LogP contribution is 2.06. The van der Waals surface area contributed by atoms with Gasteiger partial charge in [0.2, 0.25) is 0 Å². The maximum absolute atomic E-state index is 12.8. The fraction of sp³-hybridized carbons (Fsp3) is 0.200. The number of nitrogens with two attached hydrogens (primary N) is 1. The van der Waals surface area contributed by atoms with Gasteiger partial charge in [-0.25, -0.2) is 4.39 Å². The van der Waals surface area contributed by atoms with Crippen molar-refractivity contribution in [3.05, 3.63) is 35.1 Å². The Hall–Kier alpha value is -1.33. The SMILES string of the molecule is Cc1cc(F)cc(C#CCN)c1. The molecule has 0 heterocycles. The minimum Gasteiger partial charge on any atom is -0.320 e. The Morgan fingerprint density at radius 1 is 1.42 bits per heavy atom. The molecule has 0 spiro atoms. The van der Waals surface area contributed by atoms with Crippen molar-refractivity contribution in [3.63, 3.8) is 0 Å². The summed E-state index contributed by atoms with van der Waals surface area (Å²) in [5.74, 6) is 5.19. The van der Waals surface area contributed by atoms with E-state index in [0.717, 1.165) is 5.56 Å². The highest BCUT2D eigenvalue weighted by Gasteiger charge is 1.93. The van der Waals surface area contributed by atoms with Crippen LogP contribution in [0.5, 0.6) is 0 Å². The van der Waals surface area contributed by atoms with E-state index >= 15 is 0 Å². The van der Waals surface area contributed by atoms with E-state index < -0.39 is 0 Å². The van der Waals surface area contributed by atoms with Gasteiger partial charge in [-0.1, -0.05) is 11.8 Å². The van der Waals surface area contributed by atoms with Crippen LogP contribution < -0.4 is 5.73 Å². The molecule has 0 radical (unpaired) electrons. The first kappa shape index (κ1) is 8.76. The second kappa shape index (κ2) is 3.89. The lowest BCUT2D eigenvalue weighted by Crippen LogP contribution is -1.93. The van der Waals surface area contributed by atoms with Gasteiger partial charge in [0.1, 0.15) is 5.82 Å². The monoisotopic (exact) mass is 163 g/mol. The molecule has 0 amide bonds. The van der Waals surface area contributed by atoms with Gasteiger partial charge in [-0.3, -0.25) is 0 Å². The van der Waals surface area contributed by atoms with Crippen LogP contribution in [0.15, 0.2) is 18.2 Å². The summed E-state index contributed by atoms with van der Waals surface area (Å²) in [5.41, 5.74) is 6.74. The Morgan fingerprint density at radius 3 is 2.75 bits per heavy atom. The van der Waals surface area contributed by atoms with E-state index in [9.17, 15) is 4.39 Å². The summed E-state index contributed by atoms with van der Waals surface area (Å²) in [7, 11) is 0. The normalized spacial score (nSPS) is 8.92. The van der Waals surface area contributed by atoms with Gasteiger partial charge in [0, 0.05) is 5.56 Å². The van der Waals surface area contributed by atoms with Gasteiger partial charge in [0.05, 0.1) is 6.54 Å². The maximum Gasteiger partial charge on any atom is 0.124 e. The zero-order chi connectivity index (χ0) is 8.97. The van der Waals surface area contributed by atoms with Gasteiger partial charge >= 0.3 is 0 Å². The van der Waals surface area contributed by atoms with Crippen LogP contribution in [0.1, 0.15) is 11.1 Å². The zero-order valence-electron chi connectivity index (χ0n) is 6.89. The molecule has 1 nitrogen and oxygen atoms in total. The first-order chi connectivity index (χ1) is 5.72. The predicted octanol–water partition coefficient (Wildman–Crippen LogP) is 1.44. The van der Waals surface area contributed by atoms with Crippen LogP contribution in [0.4, 0.5) is 4.39 Å². The molecule has 0 fully saturated rings. The van der Waals surface area contributed by atoms with Crippen LogP contribution in [-0.2, 0) is 0 Å². The van der Waals surface area contributed by atoms with E-state index in [0.29, 0.717) is 12.1 Å². The van der Waals surface area contributed by atoms with Crippen molar-refractivity contribution in [2.24, 2.45) is 5.73 Å². The van der Waals surface area contributed by atoms with Crippen LogP contribution in [0.2, 0.25) is 0 Å². The predicted molar refractivity (Wildman–Crippen MR) is 47.1 cm³/mol. The molecule has 0 aromatic heterocycles. The molecule has 1 rings (SSSR count). The van der Waals surface area contributed by atoms with Crippen LogP contribution in [0.25, 0.3) is 0 Å². The van der Waals surface area contributed by atoms with Crippen molar-refractivity contribution in [1.29, 1.82) is 0 Å². The van der Waals surface area contributed by atoms with Gasteiger partial charge in [-0.15, -0.1) is 0 Å². The second-order valence-electron chi connectivity index (χ2n) is 2.52. The Balaban J connectivity index is 3.01. The number of benzene rings is 1. The highest BCUT2D eigenvalue weighted by atomic mass is 19.1. The Bertz CT molecular complexity index is 313. The highest BCUT2D eigenvalue weighted by molar-refractivity contribution is 5.37. The van der Waals surface area contributed by atoms with E-state index in [1.165, 1.54) is 12.1 Å². The summed E-state index contributed by atoms with van der Waals surface area (Å²) in [6.45, 7) is 2.13. The van der Waals surface area contributed by atoms with Gasteiger partial charge < -0.3 is 5.73 Å². The molecule has 12 heavy (non-hydrogen) atoms. The number of aryl methyl sites for hydroxylation is 1. The van der Waals surface area contributed by atoms with Crippen LogP contribution in [-0.4, -0.2) is 6.54 Å². The van der Waals surface area contributed by atoms with Crippen LogP contribution in [0, 0.1) is 24.6 Å². The van der Waals surface area contributed by atoms with Crippen LogP contribution >= 0.6 is 0 Å². The van der Waals surface area contributed by atoms with E-state index in [-0.39, 0.29) is 5.82 Å². The third-order valence-electron chi connectivity index (χ3n) is 1.38. The fourth-order valence-corrected chi connectivity index (χ4v) is 0.962.